The lowest BCUT2D eigenvalue weighted by molar-refractivity contribution is 0.0601. The van der Waals surface area contributed by atoms with Gasteiger partial charge in [0.05, 0.1) is 18.2 Å². The van der Waals surface area contributed by atoms with E-state index >= 15 is 0 Å². The van der Waals surface area contributed by atoms with E-state index in [1.54, 1.807) is 30.3 Å². The Bertz CT molecular complexity index is 662. The van der Waals surface area contributed by atoms with Crippen LogP contribution in [0.4, 0.5) is 5.69 Å². The normalized spacial score (nSPS) is 10.1. The van der Waals surface area contributed by atoms with Gasteiger partial charge in [-0.2, -0.15) is 0 Å². The van der Waals surface area contributed by atoms with Crippen LogP contribution in [0.3, 0.4) is 0 Å². The Hall–Kier alpha value is -2.82. The molecular weight excluding hydrogens is 258 g/mol. The highest BCUT2D eigenvalue weighted by molar-refractivity contribution is 5.96. The molecule has 0 atom stereocenters. The van der Waals surface area contributed by atoms with Crippen molar-refractivity contribution in [3.63, 3.8) is 0 Å². The van der Waals surface area contributed by atoms with Gasteiger partial charge in [-0.1, -0.05) is 18.2 Å². The first-order valence-corrected chi connectivity index (χ1v) is 5.84. The van der Waals surface area contributed by atoms with Crippen molar-refractivity contribution >= 4 is 17.6 Å². The van der Waals surface area contributed by atoms with Crippen LogP contribution in [-0.2, 0) is 4.74 Å². The Kier molecular flexibility index (Phi) is 3.70. The highest BCUT2D eigenvalue weighted by Gasteiger charge is 2.11. The zero-order valence-electron chi connectivity index (χ0n) is 10.8. The number of carbonyl (C=O) groups is 2. The fourth-order valence-corrected chi connectivity index (χ4v) is 1.83. The lowest BCUT2D eigenvalue weighted by Crippen LogP contribution is -2.05. The summed E-state index contributed by atoms with van der Waals surface area (Å²) < 4.78 is 4.66. The first-order chi connectivity index (χ1) is 9.52. The van der Waals surface area contributed by atoms with Crippen molar-refractivity contribution in [1.29, 1.82) is 0 Å². The molecule has 5 nitrogen and oxygen atoms in total. The average molecular weight is 271 g/mol. The minimum absolute atomic E-state index is 0.206. The third kappa shape index (κ3) is 2.61. The number of methoxy groups -OCH3 is 1. The van der Waals surface area contributed by atoms with Gasteiger partial charge < -0.3 is 15.6 Å². The molecule has 0 aliphatic heterocycles. The van der Waals surface area contributed by atoms with E-state index in [4.69, 9.17) is 10.8 Å². The van der Waals surface area contributed by atoms with E-state index in [0.717, 1.165) is 11.1 Å². The van der Waals surface area contributed by atoms with Gasteiger partial charge in [0.25, 0.3) is 0 Å². The van der Waals surface area contributed by atoms with Crippen molar-refractivity contribution in [2.45, 2.75) is 0 Å². The number of carbonyl (C=O) groups excluding carboxylic acids is 1. The minimum atomic E-state index is -0.982. The van der Waals surface area contributed by atoms with Gasteiger partial charge in [0.2, 0.25) is 0 Å². The van der Waals surface area contributed by atoms with Crippen molar-refractivity contribution in [1.82, 2.24) is 0 Å². The highest BCUT2D eigenvalue weighted by Crippen LogP contribution is 2.24. The number of hydrogen-bond acceptors (Lipinski definition) is 4. The molecule has 2 aromatic rings. The summed E-state index contributed by atoms with van der Waals surface area (Å²) in [5, 5.41) is 8.85. The SMILES string of the molecule is COC(=O)c1cc(-c2ccc(C(=O)O)cc2)ccc1N. The number of rotatable bonds is 3. The first kappa shape index (κ1) is 13.6. The second kappa shape index (κ2) is 5.44. The summed E-state index contributed by atoms with van der Waals surface area (Å²) in [6, 6.07) is 11.4. The first-order valence-electron chi connectivity index (χ1n) is 5.84. The fraction of sp³-hybridized carbons (Fsp3) is 0.0667. The van der Waals surface area contributed by atoms with Gasteiger partial charge in [-0.25, -0.2) is 9.59 Å². The number of hydrogen-bond donors (Lipinski definition) is 2. The lowest BCUT2D eigenvalue weighted by atomic mass is 10.0. The molecule has 2 aromatic carbocycles. The number of carboxylic acid groups (broad SMARTS) is 1. The Labute approximate surface area is 115 Å². The summed E-state index contributed by atoms with van der Waals surface area (Å²) >= 11 is 0. The highest BCUT2D eigenvalue weighted by atomic mass is 16.5. The number of ether oxygens (including phenoxy) is 1. The van der Waals surface area contributed by atoms with Crippen LogP contribution in [0.25, 0.3) is 11.1 Å². The molecule has 0 unspecified atom stereocenters. The molecule has 0 bridgehead atoms. The summed E-state index contributed by atoms with van der Waals surface area (Å²) in [6.07, 6.45) is 0. The molecule has 0 fully saturated rings. The fourth-order valence-electron chi connectivity index (χ4n) is 1.83. The standard InChI is InChI=1S/C15H13NO4/c1-20-15(19)12-8-11(6-7-13(12)16)9-2-4-10(5-3-9)14(17)18/h2-8H,16H2,1H3,(H,17,18). The van der Waals surface area contributed by atoms with E-state index in [1.165, 1.54) is 19.2 Å². The van der Waals surface area contributed by atoms with E-state index in [9.17, 15) is 9.59 Å². The van der Waals surface area contributed by atoms with Gasteiger partial charge in [0, 0.05) is 5.69 Å². The Balaban J connectivity index is 2.42. The van der Waals surface area contributed by atoms with E-state index in [2.05, 4.69) is 4.74 Å². The quantitative estimate of drug-likeness (QED) is 0.661. The van der Waals surface area contributed by atoms with Crippen molar-refractivity contribution < 1.29 is 19.4 Å². The van der Waals surface area contributed by atoms with Gasteiger partial charge in [0.1, 0.15) is 0 Å². The predicted octanol–water partition coefficient (Wildman–Crippen LogP) is 2.42. The number of carboxylic acids is 1. The Morgan fingerprint density at radius 3 is 2.20 bits per heavy atom. The van der Waals surface area contributed by atoms with Crippen LogP contribution in [0.15, 0.2) is 42.5 Å². The van der Waals surface area contributed by atoms with Crippen LogP contribution in [-0.4, -0.2) is 24.2 Å². The van der Waals surface area contributed by atoms with Crippen LogP contribution < -0.4 is 5.73 Å². The van der Waals surface area contributed by atoms with Crippen LogP contribution in [0.5, 0.6) is 0 Å². The molecule has 0 heterocycles. The molecule has 0 aromatic heterocycles. The van der Waals surface area contributed by atoms with E-state index < -0.39 is 11.9 Å². The summed E-state index contributed by atoms with van der Waals surface area (Å²) in [4.78, 5) is 22.4. The van der Waals surface area contributed by atoms with Crippen LogP contribution in [0.2, 0.25) is 0 Å². The molecule has 0 aliphatic carbocycles. The maximum atomic E-state index is 11.6. The molecule has 20 heavy (non-hydrogen) atoms. The number of nitrogen functional groups attached to an aromatic ring is 1. The second-order valence-corrected chi connectivity index (χ2v) is 4.18. The van der Waals surface area contributed by atoms with E-state index in [0.29, 0.717) is 5.69 Å². The molecule has 2 rings (SSSR count). The zero-order chi connectivity index (χ0) is 14.7. The number of anilines is 1. The molecule has 0 saturated heterocycles. The van der Waals surface area contributed by atoms with Gasteiger partial charge >= 0.3 is 11.9 Å². The second-order valence-electron chi connectivity index (χ2n) is 4.18. The summed E-state index contributed by atoms with van der Waals surface area (Å²) in [7, 11) is 1.29. The average Bonchev–Trinajstić information content (AvgIpc) is 2.47. The molecule has 0 saturated carbocycles. The maximum absolute atomic E-state index is 11.6. The molecule has 3 N–H and O–H groups in total. The third-order valence-corrected chi connectivity index (χ3v) is 2.92. The largest absolute Gasteiger partial charge is 0.478 e. The van der Waals surface area contributed by atoms with Gasteiger partial charge in [-0.3, -0.25) is 0 Å². The molecule has 0 radical (unpaired) electrons. The topological polar surface area (TPSA) is 89.6 Å². The Morgan fingerprint density at radius 2 is 1.65 bits per heavy atom. The molecular formula is C15H13NO4. The number of esters is 1. The van der Waals surface area contributed by atoms with Crippen molar-refractivity contribution in [3.05, 3.63) is 53.6 Å². The number of aromatic carboxylic acids is 1. The van der Waals surface area contributed by atoms with E-state index in [1.807, 2.05) is 0 Å². The smallest absolute Gasteiger partial charge is 0.339 e. The van der Waals surface area contributed by atoms with E-state index in [-0.39, 0.29) is 11.1 Å². The van der Waals surface area contributed by atoms with Gasteiger partial charge in [-0.05, 0) is 35.4 Å². The molecule has 5 heteroatoms. The van der Waals surface area contributed by atoms with Crippen molar-refractivity contribution in [2.24, 2.45) is 0 Å². The van der Waals surface area contributed by atoms with Crippen LogP contribution in [0.1, 0.15) is 20.7 Å². The summed E-state index contributed by atoms with van der Waals surface area (Å²) in [6.45, 7) is 0. The van der Waals surface area contributed by atoms with Crippen LogP contribution in [0, 0.1) is 0 Å². The van der Waals surface area contributed by atoms with Crippen molar-refractivity contribution in [2.75, 3.05) is 12.8 Å². The monoisotopic (exact) mass is 271 g/mol. The van der Waals surface area contributed by atoms with Gasteiger partial charge in [0.15, 0.2) is 0 Å². The summed E-state index contributed by atoms with van der Waals surface area (Å²) in [5.74, 6) is -1.49. The Morgan fingerprint density at radius 1 is 1.05 bits per heavy atom. The number of nitrogens with two attached hydrogens (primary N) is 1. The summed E-state index contributed by atoms with van der Waals surface area (Å²) in [5.41, 5.74) is 8.11. The van der Waals surface area contributed by atoms with Gasteiger partial charge in [-0.15, -0.1) is 0 Å². The predicted molar refractivity (Wildman–Crippen MR) is 74.6 cm³/mol. The molecule has 0 amide bonds. The third-order valence-electron chi connectivity index (χ3n) is 2.92. The molecule has 0 spiro atoms. The minimum Gasteiger partial charge on any atom is -0.478 e. The lowest BCUT2D eigenvalue weighted by Gasteiger charge is -2.07. The molecule has 0 aliphatic rings. The zero-order valence-corrected chi connectivity index (χ0v) is 10.8. The van der Waals surface area contributed by atoms with Crippen LogP contribution >= 0.6 is 0 Å². The van der Waals surface area contributed by atoms with Crippen molar-refractivity contribution in [3.8, 4) is 11.1 Å². The maximum Gasteiger partial charge on any atom is 0.339 e. The molecule has 102 valence electrons. The number of benzene rings is 2.